The summed E-state index contributed by atoms with van der Waals surface area (Å²) >= 11 is 7.61. The van der Waals surface area contributed by atoms with Crippen LogP contribution in [0.5, 0.6) is 0 Å². The Balaban J connectivity index is 1.95. The summed E-state index contributed by atoms with van der Waals surface area (Å²) in [6, 6.07) is 5.26. The molecule has 0 saturated heterocycles. The van der Waals surface area contributed by atoms with Crippen molar-refractivity contribution in [2.75, 3.05) is 5.32 Å². The predicted octanol–water partition coefficient (Wildman–Crippen LogP) is 4.19. The topological polar surface area (TPSA) is 72.2 Å². The first-order valence-electron chi connectivity index (χ1n) is 7.88. The van der Waals surface area contributed by atoms with Gasteiger partial charge in [0.15, 0.2) is 0 Å². The molecule has 24 heavy (non-hydrogen) atoms. The van der Waals surface area contributed by atoms with Crippen LogP contribution in [0.3, 0.4) is 0 Å². The van der Waals surface area contributed by atoms with E-state index >= 15 is 0 Å². The second-order valence-corrected chi connectivity index (χ2v) is 7.87. The summed E-state index contributed by atoms with van der Waals surface area (Å²) < 4.78 is 0. The molecular weight excluding hydrogens is 344 g/mol. The number of nitrogens with one attached hydrogen (secondary N) is 1. The fourth-order valence-corrected chi connectivity index (χ4v) is 4.81. The quantitative estimate of drug-likeness (QED) is 0.859. The lowest BCUT2D eigenvalue weighted by atomic mass is 9.88. The first-order valence-corrected chi connectivity index (χ1v) is 9.08. The smallest absolute Gasteiger partial charge is 0.257 e. The number of thiophene rings is 1. The number of halogens is 1. The van der Waals surface area contributed by atoms with Crippen LogP contribution in [-0.4, -0.2) is 11.8 Å². The zero-order chi connectivity index (χ0) is 17.4. The van der Waals surface area contributed by atoms with E-state index in [1.54, 1.807) is 12.1 Å². The van der Waals surface area contributed by atoms with Crippen LogP contribution in [-0.2, 0) is 12.8 Å². The molecule has 0 unspecified atom stereocenters. The highest BCUT2D eigenvalue weighted by atomic mass is 35.5. The molecule has 3 N–H and O–H groups in total. The Hall–Kier alpha value is -1.85. The van der Waals surface area contributed by atoms with Crippen molar-refractivity contribution in [2.24, 2.45) is 11.7 Å². The van der Waals surface area contributed by atoms with Crippen molar-refractivity contribution >= 4 is 39.8 Å². The maximum Gasteiger partial charge on any atom is 0.257 e. The molecule has 126 valence electrons. The number of hydrogen-bond donors (Lipinski definition) is 2. The van der Waals surface area contributed by atoms with Gasteiger partial charge in [0.2, 0.25) is 0 Å². The standard InChI is InChI=1S/C18H19ClN2O2S/c1-9-3-5-11(13(19)7-9)17(23)21-18-15(16(20)22)12-6-4-10(2)8-14(12)24-18/h3,5,7,10H,4,6,8H2,1-2H3,(H2,20,22)(H,21,23)/t10-/m0/s1. The number of fused-ring (bicyclic) bond motifs is 1. The number of primary amides is 1. The third kappa shape index (κ3) is 3.19. The highest BCUT2D eigenvalue weighted by molar-refractivity contribution is 7.17. The summed E-state index contributed by atoms with van der Waals surface area (Å²) in [7, 11) is 0. The third-order valence-corrected chi connectivity index (χ3v) is 5.84. The Morgan fingerprint density at radius 2 is 2.12 bits per heavy atom. The molecule has 1 aromatic carbocycles. The number of carbonyl (C=O) groups excluding carboxylic acids is 2. The Kier molecular flexibility index (Phi) is 4.65. The molecule has 1 atom stereocenters. The first-order chi connectivity index (χ1) is 11.4. The highest BCUT2D eigenvalue weighted by Gasteiger charge is 2.27. The third-order valence-electron chi connectivity index (χ3n) is 4.35. The van der Waals surface area contributed by atoms with Crippen LogP contribution in [0.25, 0.3) is 0 Å². The second kappa shape index (κ2) is 6.57. The van der Waals surface area contributed by atoms with Gasteiger partial charge in [-0.25, -0.2) is 0 Å². The predicted molar refractivity (Wildman–Crippen MR) is 98.2 cm³/mol. The van der Waals surface area contributed by atoms with Gasteiger partial charge in [-0.2, -0.15) is 0 Å². The second-order valence-electron chi connectivity index (χ2n) is 6.36. The van der Waals surface area contributed by atoms with Gasteiger partial charge >= 0.3 is 0 Å². The zero-order valence-electron chi connectivity index (χ0n) is 13.6. The maximum absolute atomic E-state index is 12.6. The average Bonchev–Trinajstić information content (AvgIpc) is 2.83. The number of aryl methyl sites for hydroxylation is 1. The largest absolute Gasteiger partial charge is 0.365 e. The van der Waals surface area contributed by atoms with Crippen LogP contribution in [0.4, 0.5) is 5.00 Å². The van der Waals surface area contributed by atoms with E-state index in [1.807, 2.05) is 13.0 Å². The number of anilines is 1. The van der Waals surface area contributed by atoms with Gasteiger partial charge in [-0.3, -0.25) is 9.59 Å². The van der Waals surface area contributed by atoms with Gasteiger partial charge in [-0.1, -0.05) is 24.6 Å². The van der Waals surface area contributed by atoms with Crippen molar-refractivity contribution in [3.05, 3.63) is 50.4 Å². The van der Waals surface area contributed by atoms with E-state index in [0.29, 0.717) is 27.1 Å². The molecule has 0 saturated carbocycles. The molecule has 0 aliphatic heterocycles. The minimum absolute atomic E-state index is 0.325. The van der Waals surface area contributed by atoms with E-state index in [0.717, 1.165) is 35.3 Å². The van der Waals surface area contributed by atoms with E-state index in [4.69, 9.17) is 17.3 Å². The number of nitrogens with two attached hydrogens (primary N) is 1. The fraction of sp³-hybridized carbons (Fsp3) is 0.333. The fourth-order valence-electron chi connectivity index (χ4n) is 3.07. The summed E-state index contributed by atoms with van der Waals surface area (Å²) in [5.41, 5.74) is 8.39. The van der Waals surface area contributed by atoms with Gasteiger partial charge in [0.25, 0.3) is 11.8 Å². The van der Waals surface area contributed by atoms with Gasteiger partial charge in [-0.05, 0) is 55.4 Å². The summed E-state index contributed by atoms with van der Waals surface area (Å²) in [6.45, 7) is 4.10. The number of hydrogen-bond acceptors (Lipinski definition) is 3. The van der Waals surface area contributed by atoms with Gasteiger partial charge < -0.3 is 11.1 Å². The van der Waals surface area contributed by atoms with E-state index in [2.05, 4.69) is 12.2 Å². The molecule has 4 nitrogen and oxygen atoms in total. The zero-order valence-corrected chi connectivity index (χ0v) is 15.2. The summed E-state index contributed by atoms with van der Waals surface area (Å²) in [6.07, 6.45) is 2.77. The number of benzene rings is 1. The Bertz CT molecular complexity index is 829. The maximum atomic E-state index is 12.6. The SMILES string of the molecule is Cc1ccc(C(=O)Nc2sc3c(c2C(N)=O)CC[C@H](C)C3)c(Cl)c1. The lowest BCUT2D eigenvalue weighted by molar-refractivity contribution is 0.1000. The van der Waals surface area contributed by atoms with Crippen molar-refractivity contribution < 1.29 is 9.59 Å². The lowest BCUT2D eigenvalue weighted by Gasteiger charge is -2.18. The van der Waals surface area contributed by atoms with Crippen molar-refractivity contribution in [1.82, 2.24) is 0 Å². The number of amides is 2. The summed E-state index contributed by atoms with van der Waals surface area (Å²) in [5, 5.41) is 3.76. The van der Waals surface area contributed by atoms with Gasteiger partial charge in [0.1, 0.15) is 5.00 Å². The molecule has 0 spiro atoms. The molecule has 0 fully saturated rings. The molecule has 1 aliphatic rings. The monoisotopic (exact) mass is 362 g/mol. The highest BCUT2D eigenvalue weighted by Crippen LogP contribution is 2.39. The molecule has 2 amide bonds. The molecule has 6 heteroatoms. The normalized spacial score (nSPS) is 16.5. The van der Waals surface area contributed by atoms with Gasteiger partial charge in [0.05, 0.1) is 16.1 Å². The summed E-state index contributed by atoms with van der Waals surface area (Å²) in [4.78, 5) is 25.6. The van der Waals surface area contributed by atoms with Crippen molar-refractivity contribution in [2.45, 2.75) is 33.1 Å². The van der Waals surface area contributed by atoms with Crippen LogP contribution < -0.4 is 11.1 Å². The van der Waals surface area contributed by atoms with Crippen LogP contribution in [0.1, 0.15) is 50.1 Å². The lowest BCUT2D eigenvalue weighted by Crippen LogP contribution is -2.19. The Morgan fingerprint density at radius 3 is 2.79 bits per heavy atom. The van der Waals surface area contributed by atoms with Crippen molar-refractivity contribution in [3.8, 4) is 0 Å². The molecule has 2 aromatic rings. The molecule has 1 heterocycles. The molecule has 0 bridgehead atoms. The Labute approximate surface area is 150 Å². The summed E-state index contributed by atoms with van der Waals surface area (Å²) in [5.74, 6) is -0.242. The van der Waals surface area contributed by atoms with Crippen LogP contribution in [0.15, 0.2) is 18.2 Å². The van der Waals surface area contributed by atoms with E-state index < -0.39 is 5.91 Å². The van der Waals surface area contributed by atoms with Crippen molar-refractivity contribution in [3.63, 3.8) is 0 Å². The van der Waals surface area contributed by atoms with E-state index in [-0.39, 0.29) is 5.91 Å². The number of rotatable bonds is 3. The molecule has 1 aliphatic carbocycles. The van der Waals surface area contributed by atoms with Crippen LogP contribution in [0, 0.1) is 12.8 Å². The Morgan fingerprint density at radius 1 is 1.38 bits per heavy atom. The van der Waals surface area contributed by atoms with Gasteiger partial charge in [0, 0.05) is 4.88 Å². The van der Waals surface area contributed by atoms with E-state index in [9.17, 15) is 9.59 Å². The van der Waals surface area contributed by atoms with Crippen LogP contribution >= 0.6 is 22.9 Å². The molecule has 0 radical (unpaired) electrons. The first kappa shape index (κ1) is 17.0. The minimum Gasteiger partial charge on any atom is -0.365 e. The van der Waals surface area contributed by atoms with Gasteiger partial charge in [-0.15, -0.1) is 11.3 Å². The van der Waals surface area contributed by atoms with E-state index in [1.165, 1.54) is 11.3 Å². The molecular formula is C18H19ClN2O2S. The number of carbonyl (C=O) groups is 2. The molecule has 3 rings (SSSR count). The minimum atomic E-state index is -0.493. The van der Waals surface area contributed by atoms with Crippen molar-refractivity contribution in [1.29, 1.82) is 0 Å². The average molecular weight is 363 g/mol. The van der Waals surface area contributed by atoms with Crippen LogP contribution in [0.2, 0.25) is 5.02 Å². The molecule has 1 aromatic heterocycles.